The number of nitrogens with zero attached hydrogens (tertiary/aromatic N) is 5. The van der Waals surface area contributed by atoms with Gasteiger partial charge in [-0.2, -0.15) is 13.9 Å². The molecule has 5 rings (SSSR count). The Kier molecular flexibility index (Phi) is 5.29. The maximum Gasteiger partial charge on any atom is 0.333 e. The highest BCUT2D eigenvalue weighted by Gasteiger charge is 2.41. The molecule has 0 saturated heterocycles. The van der Waals surface area contributed by atoms with Crippen molar-refractivity contribution in [3.05, 3.63) is 42.3 Å². The molecule has 10 heteroatoms. The third-order valence-electron chi connectivity index (χ3n) is 6.79. The molecule has 0 atom stereocenters. The second-order valence-electron chi connectivity index (χ2n) is 9.51. The zero-order chi connectivity index (χ0) is 24.3. The van der Waals surface area contributed by atoms with Crippen LogP contribution in [0.25, 0.3) is 33.3 Å². The van der Waals surface area contributed by atoms with Gasteiger partial charge >= 0.3 is 6.55 Å². The van der Waals surface area contributed by atoms with E-state index in [2.05, 4.69) is 15.2 Å². The number of fused-ring (bicyclic) bond motifs is 1. The summed E-state index contributed by atoms with van der Waals surface area (Å²) < 4.78 is 63.9. The lowest BCUT2D eigenvalue weighted by molar-refractivity contribution is 0.0132. The fraction of sp³-hybridized carbons (Fsp3) is 0.458. The number of aromatic nitrogens is 5. The van der Waals surface area contributed by atoms with Crippen molar-refractivity contribution < 1.29 is 22.1 Å². The van der Waals surface area contributed by atoms with Gasteiger partial charge in [0.2, 0.25) is 0 Å². The van der Waals surface area contributed by atoms with E-state index in [4.69, 9.17) is 4.52 Å². The van der Waals surface area contributed by atoms with Crippen LogP contribution in [-0.2, 0) is 6.54 Å². The molecular weight excluding hydrogens is 450 g/mol. The van der Waals surface area contributed by atoms with Gasteiger partial charge in [-0.15, -0.1) is 0 Å². The third-order valence-corrected chi connectivity index (χ3v) is 6.79. The molecule has 34 heavy (non-hydrogen) atoms. The molecule has 0 aliphatic heterocycles. The monoisotopic (exact) mass is 475 g/mol. The summed E-state index contributed by atoms with van der Waals surface area (Å²) in [5.41, 5.74) is 1.52. The molecule has 1 saturated carbocycles. The van der Waals surface area contributed by atoms with Crippen molar-refractivity contribution in [3.63, 3.8) is 0 Å². The van der Waals surface area contributed by atoms with E-state index in [0.717, 1.165) is 11.1 Å². The van der Waals surface area contributed by atoms with Crippen LogP contribution in [-0.4, -0.2) is 35.8 Å². The van der Waals surface area contributed by atoms with E-state index in [1.807, 2.05) is 13.0 Å². The average Bonchev–Trinajstić information content (AvgIpc) is 3.48. The van der Waals surface area contributed by atoms with E-state index in [0.29, 0.717) is 38.3 Å². The van der Waals surface area contributed by atoms with Crippen LogP contribution in [0.1, 0.15) is 50.6 Å². The van der Waals surface area contributed by atoms with Gasteiger partial charge in [0.15, 0.2) is 0 Å². The summed E-state index contributed by atoms with van der Waals surface area (Å²) in [6.07, 6.45) is 6.49. The average molecular weight is 475 g/mol. The van der Waals surface area contributed by atoms with Gasteiger partial charge < -0.3 is 9.09 Å². The molecule has 180 valence electrons. The van der Waals surface area contributed by atoms with Crippen molar-refractivity contribution in [1.82, 2.24) is 24.5 Å². The van der Waals surface area contributed by atoms with E-state index in [1.165, 1.54) is 19.3 Å². The van der Waals surface area contributed by atoms with Crippen LogP contribution < -0.4 is 0 Å². The van der Waals surface area contributed by atoms with Gasteiger partial charge in [0, 0.05) is 40.8 Å². The maximum absolute atomic E-state index is 15.8. The van der Waals surface area contributed by atoms with Gasteiger partial charge in [-0.3, -0.25) is 4.98 Å². The quantitative estimate of drug-likeness (QED) is 0.306. The molecule has 0 spiro atoms. The number of alkyl halides is 4. The smallest absolute Gasteiger partial charge is 0.333 e. The minimum absolute atomic E-state index is 0.00923. The number of pyridine rings is 1. The van der Waals surface area contributed by atoms with Gasteiger partial charge in [0.1, 0.15) is 17.1 Å². The topological polar surface area (TPSA) is 61.7 Å². The first-order valence-electron chi connectivity index (χ1n) is 11.2. The van der Waals surface area contributed by atoms with Crippen LogP contribution in [0.3, 0.4) is 0 Å². The molecule has 0 aromatic carbocycles. The predicted molar refractivity (Wildman–Crippen MR) is 119 cm³/mol. The first-order valence-corrected chi connectivity index (χ1v) is 11.2. The van der Waals surface area contributed by atoms with Gasteiger partial charge in [-0.05, 0) is 52.5 Å². The highest BCUT2D eigenvalue weighted by molar-refractivity contribution is 5.94. The fourth-order valence-electron chi connectivity index (χ4n) is 4.81. The Bertz CT molecular complexity index is 1320. The summed E-state index contributed by atoms with van der Waals surface area (Å²) >= 11 is 0. The molecule has 1 fully saturated rings. The molecule has 0 radical (unpaired) electrons. The van der Waals surface area contributed by atoms with Gasteiger partial charge in [0.05, 0.1) is 29.5 Å². The van der Waals surface area contributed by atoms with E-state index >= 15 is 4.39 Å². The van der Waals surface area contributed by atoms with E-state index in [9.17, 15) is 13.2 Å². The fourth-order valence-corrected chi connectivity index (χ4v) is 4.81. The summed E-state index contributed by atoms with van der Waals surface area (Å²) in [5, 5.41) is 7.73. The van der Waals surface area contributed by atoms with Crippen molar-refractivity contribution in [2.24, 2.45) is 0 Å². The zero-order valence-corrected chi connectivity index (χ0v) is 19.2. The molecule has 4 heterocycles. The number of rotatable bonds is 5. The first kappa shape index (κ1) is 22.6. The molecular formula is C24H25F4N5O. The largest absolute Gasteiger partial charge is 0.361 e. The van der Waals surface area contributed by atoms with Crippen molar-refractivity contribution in [2.45, 2.75) is 70.9 Å². The van der Waals surface area contributed by atoms with E-state index < -0.39 is 17.9 Å². The molecule has 0 unspecified atom stereocenters. The third kappa shape index (κ3) is 3.99. The first-order chi connectivity index (χ1) is 16.1. The lowest BCUT2D eigenvalue weighted by atomic mass is 9.79. The minimum Gasteiger partial charge on any atom is -0.361 e. The van der Waals surface area contributed by atoms with E-state index in [-0.39, 0.29) is 32.2 Å². The zero-order valence-electron chi connectivity index (χ0n) is 19.2. The van der Waals surface area contributed by atoms with Gasteiger partial charge in [-0.25, -0.2) is 13.5 Å². The Hall–Kier alpha value is -3.17. The molecule has 0 N–H and O–H groups in total. The molecule has 4 aromatic heterocycles. The molecule has 0 amide bonds. The summed E-state index contributed by atoms with van der Waals surface area (Å²) in [6.45, 7) is 2.37. The van der Waals surface area contributed by atoms with Crippen molar-refractivity contribution in [1.29, 1.82) is 0 Å². The van der Waals surface area contributed by atoms with Crippen molar-refractivity contribution in [3.8, 4) is 22.3 Å². The van der Waals surface area contributed by atoms with Crippen LogP contribution in [0, 0.1) is 13.8 Å². The highest BCUT2D eigenvalue weighted by Crippen LogP contribution is 2.42. The number of halogens is 4. The Morgan fingerprint density at radius 2 is 1.79 bits per heavy atom. The van der Waals surface area contributed by atoms with Gasteiger partial charge in [-0.1, -0.05) is 5.16 Å². The SMILES string of the molecule is Cc1noc(C)c1-c1cnc2c(-c3cnn(C(F)F)c3)cn(CC3(F)CCC(C)(F)CC3)c2c1. The number of hydrogen-bond donors (Lipinski definition) is 0. The Morgan fingerprint density at radius 3 is 2.41 bits per heavy atom. The Morgan fingerprint density at radius 1 is 1.06 bits per heavy atom. The second-order valence-corrected chi connectivity index (χ2v) is 9.51. The summed E-state index contributed by atoms with van der Waals surface area (Å²) in [6, 6.07) is 1.88. The van der Waals surface area contributed by atoms with Crippen LogP contribution in [0.15, 0.2) is 35.4 Å². The Balaban J connectivity index is 1.62. The van der Waals surface area contributed by atoms with E-state index in [1.54, 1.807) is 23.9 Å². The highest BCUT2D eigenvalue weighted by atomic mass is 19.3. The van der Waals surface area contributed by atoms with Crippen molar-refractivity contribution >= 4 is 11.0 Å². The predicted octanol–water partition coefficient (Wildman–Crippen LogP) is 6.58. The normalized spacial score (nSPS) is 23.3. The lowest BCUT2D eigenvalue weighted by Crippen LogP contribution is -2.38. The maximum atomic E-state index is 15.8. The number of hydrogen-bond acceptors (Lipinski definition) is 4. The summed E-state index contributed by atoms with van der Waals surface area (Å²) in [4.78, 5) is 4.61. The minimum atomic E-state index is -2.77. The standard InChI is InChI=1S/C24H25F4N5O/c1-14-20(15(2)34-31-14)16-8-19-21(29-9-16)18(17-10-30-33(11-17)22(25)26)12-32(19)13-24(28)6-4-23(3,27)5-7-24/h8-12,22H,4-7,13H2,1-3H3. The van der Waals surface area contributed by atoms with Crippen LogP contribution >= 0.6 is 0 Å². The molecule has 6 nitrogen and oxygen atoms in total. The molecule has 1 aliphatic rings. The number of aryl methyl sites for hydroxylation is 2. The Labute approximate surface area is 193 Å². The molecule has 1 aliphatic carbocycles. The summed E-state index contributed by atoms with van der Waals surface area (Å²) in [7, 11) is 0. The van der Waals surface area contributed by atoms with Crippen molar-refractivity contribution in [2.75, 3.05) is 0 Å². The van der Waals surface area contributed by atoms with Gasteiger partial charge in [0.25, 0.3) is 0 Å². The van der Waals surface area contributed by atoms with Crippen LogP contribution in [0.2, 0.25) is 0 Å². The lowest BCUT2D eigenvalue weighted by Gasteiger charge is -2.36. The summed E-state index contributed by atoms with van der Waals surface area (Å²) in [5.74, 6) is 0.631. The van der Waals surface area contributed by atoms with Crippen LogP contribution in [0.5, 0.6) is 0 Å². The molecule has 4 aromatic rings. The molecule has 0 bridgehead atoms. The van der Waals surface area contributed by atoms with Crippen LogP contribution in [0.4, 0.5) is 17.6 Å². The second kappa shape index (κ2) is 7.95.